The number of thioether (sulfide) groups is 1. The average molecular weight is 317 g/mol. The topological polar surface area (TPSA) is 46.5 Å². The Morgan fingerprint density at radius 2 is 2.00 bits per heavy atom. The zero-order valence-electron chi connectivity index (χ0n) is 13.4. The summed E-state index contributed by atoms with van der Waals surface area (Å²) in [5.74, 6) is 2.29. The molecule has 0 aliphatic heterocycles. The second-order valence-corrected chi connectivity index (χ2v) is 10.1. The Balaban J connectivity index is 2.87. The van der Waals surface area contributed by atoms with Gasteiger partial charge in [0.1, 0.15) is 5.76 Å². The van der Waals surface area contributed by atoms with Gasteiger partial charge < -0.3 is 9.53 Å². The first kappa shape index (κ1) is 17.8. The van der Waals surface area contributed by atoms with Crippen molar-refractivity contribution in [2.45, 2.75) is 53.1 Å². The van der Waals surface area contributed by atoms with Crippen LogP contribution in [0.15, 0.2) is 10.7 Å². The largest absolute Gasteiger partial charge is 0.549 e. The lowest BCUT2D eigenvalue weighted by atomic mass is 9.79. The number of allylic oxidation sites excluding steroid dienone is 2. The van der Waals surface area contributed by atoms with Crippen LogP contribution in [0.25, 0.3) is 0 Å². The van der Waals surface area contributed by atoms with Gasteiger partial charge in [-0.15, -0.1) is 11.8 Å². The van der Waals surface area contributed by atoms with E-state index in [9.17, 15) is 4.79 Å². The Labute approximate surface area is 128 Å². The standard InChI is InChI=1S/C15H28O3SSi/c1-15(2,3)11-10-12(17)14(13(11)18-20(4)5)19-9-7-6-8-16/h11,16,20H,6-10H2,1-5H3/t11-/m0/s1. The number of ketones is 1. The van der Waals surface area contributed by atoms with Gasteiger partial charge in [-0.25, -0.2) is 0 Å². The molecule has 0 bridgehead atoms. The molecule has 0 aromatic carbocycles. The fourth-order valence-electron chi connectivity index (χ4n) is 2.30. The Hall–Kier alpha value is -0.263. The number of carbonyl (C=O) groups is 1. The molecule has 1 N–H and O–H groups in total. The highest BCUT2D eigenvalue weighted by atomic mass is 32.2. The van der Waals surface area contributed by atoms with Gasteiger partial charge in [-0.1, -0.05) is 20.8 Å². The van der Waals surface area contributed by atoms with Crippen molar-refractivity contribution in [2.75, 3.05) is 12.4 Å². The molecular weight excluding hydrogens is 288 g/mol. The molecule has 0 saturated heterocycles. The molecular formula is C15H28O3SSi. The predicted molar refractivity (Wildman–Crippen MR) is 88.3 cm³/mol. The fraction of sp³-hybridized carbons (Fsp3) is 0.800. The lowest BCUT2D eigenvalue weighted by Gasteiger charge is -2.30. The molecule has 20 heavy (non-hydrogen) atoms. The second-order valence-electron chi connectivity index (χ2n) is 6.69. The first-order valence-corrected chi connectivity index (χ1v) is 11.2. The molecule has 1 aliphatic carbocycles. The van der Waals surface area contributed by atoms with E-state index in [1.807, 2.05) is 0 Å². The zero-order chi connectivity index (χ0) is 15.3. The van der Waals surface area contributed by atoms with Crippen LogP contribution in [0.1, 0.15) is 40.0 Å². The Morgan fingerprint density at radius 1 is 1.35 bits per heavy atom. The van der Waals surface area contributed by atoms with Crippen molar-refractivity contribution in [3.8, 4) is 0 Å². The van der Waals surface area contributed by atoms with Crippen LogP contribution in [0.3, 0.4) is 0 Å². The minimum absolute atomic E-state index is 0.0572. The van der Waals surface area contributed by atoms with E-state index in [0.29, 0.717) is 6.42 Å². The molecule has 0 spiro atoms. The lowest BCUT2D eigenvalue weighted by molar-refractivity contribution is -0.115. The van der Waals surface area contributed by atoms with Gasteiger partial charge in [-0.2, -0.15) is 0 Å². The maximum absolute atomic E-state index is 12.3. The molecule has 0 heterocycles. The van der Waals surface area contributed by atoms with Crippen molar-refractivity contribution in [1.29, 1.82) is 0 Å². The summed E-state index contributed by atoms with van der Waals surface area (Å²) in [4.78, 5) is 13.1. The molecule has 1 rings (SSSR count). The molecule has 0 amide bonds. The summed E-state index contributed by atoms with van der Waals surface area (Å²) >= 11 is 1.62. The third-order valence-corrected chi connectivity index (χ3v) is 5.33. The number of hydrogen-bond donors (Lipinski definition) is 1. The minimum atomic E-state index is -1.21. The van der Waals surface area contributed by atoms with Crippen molar-refractivity contribution in [2.24, 2.45) is 11.3 Å². The van der Waals surface area contributed by atoms with E-state index in [4.69, 9.17) is 9.53 Å². The first-order chi connectivity index (χ1) is 9.27. The normalized spacial score (nSPS) is 20.1. The van der Waals surface area contributed by atoms with E-state index in [2.05, 4.69) is 33.9 Å². The van der Waals surface area contributed by atoms with Crippen LogP contribution in [0.4, 0.5) is 0 Å². The maximum Gasteiger partial charge on any atom is 0.229 e. The van der Waals surface area contributed by atoms with E-state index in [0.717, 1.165) is 29.3 Å². The van der Waals surface area contributed by atoms with Crippen LogP contribution in [-0.4, -0.2) is 32.3 Å². The van der Waals surface area contributed by atoms with Crippen LogP contribution in [-0.2, 0) is 9.22 Å². The van der Waals surface area contributed by atoms with E-state index < -0.39 is 9.04 Å². The third kappa shape index (κ3) is 4.93. The van der Waals surface area contributed by atoms with E-state index in [1.165, 1.54) is 0 Å². The molecule has 116 valence electrons. The monoisotopic (exact) mass is 316 g/mol. The predicted octanol–water partition coefficient (Wildman–Crippen LogP) is 3.34. The van der Waals surface area contributed by atoms with Gasteiger partial charge in [0.05, 0.1) is 4.91 Å². The Bertz CT molecular complexity index is 372. The molecule has 0 aromatic heterocycles. The third-order valence-electron chi connectivity index (χ3n) is 3.39. The summed E-state index contributed by atoms with van der Waals surface area (Å²) < 4.78 is 6.12. The molecule has 1 aliphatic rings. The number of aliphatic hydroxyl groups excluding tert-OH is 1. The summed E-state index contributed by atoms with van der Waals surface area (Å²) in [6.45, 7) is 11.0. The van der Waals surface area contributed by atoms with Crippen molar-refractivity contribution < 1.29 is 14.3 Å². The summed E-state index contributed by atoms with van der Waals surface area (Å²) in [6.07, 6.45) is 2.32. The van der Waals surface area contributed by atoms with Gasteiger partial charge >= 0.3 is 0 Å². The highest BCUT2D eigenvalue weighted by molar-refractivity contribution is 8.04. The molecule has 0 unspecified atom stereocenters. The van der Waals surface area contributed by atoms with E-state index >= 15 is 0 Å². The summed E-state index contributed by atoms with van der Waals surface area (Å²) in [5.41, 5.74) is 0.0572. The first-order valence-electron chi connectivity index (χ1n) is 7.45. The number of aliphatic hydroxyl groups is 1. The smallest absolute Gasteiger partial charge is 0.229 e. The number of hydrogen-bond acceptors (Lipinski definition) is 4. The van der Waals surface area contributed by atoms with E-state index in [1.54, 1.807) is 11.8 Å². The van der Waals surface area contributed by atoms with Crippen molar-refractivity contribution in [3.05, 3.63) is 10.7 Å². The van der Waals surface area contributed by atoms with Gasteiger partial charge in [0, 0.05) is 18.9 Å². The Kier molecular flexibility index (Phi) is 6.81. The molecule has 0 aromatic rings. The van der Waals surface area contributed by atoms with Gasteiger partial charge in [-0.05, 0) is 37.1 Å². The highest BCUT2D eigenvalue weighted by Gasteiger charge is 2.40. The number of carbonyl (C=O) groups excluding carboxylic acids is 1. The molecule has 3 nitrogen and oxygen atoms in total. The van der Waals surface area contributed by atoms with Gasteiger partial charge in [0.2, 0.25) is 9.04 Å². The van der Waals surface area contributed by atoms with Crippen LogP contribution in [0.5, 0.6) is 0 Å². The van der Waals surface area contributed by atoms with Crippen LogP contribution in [0.2, 0.25) is 13.1 Å². The molecule has 1 atom stereocenters. The van der Waals surface area contributed by atoms with Crippen molar-refractivity contribution in [1.82, 2.24) is 0 Å². The van der Waals surface area contributed by atoms with E-state index in [-0.39, 0.29) is 23.7 Å². The fourth-order valence-corrected chi connectivity index (χ4v) is 4.30. The van der Waals surface area contributed by atoms with Gasteiger partial charge in [0.15, 0.2) is 5.78 Å². The van der Waals surface area contributed by atoms with Gasteiger partial charge in [0.25, 0.3) is 0 Å². The van der Waals surface area contributed by atoms with Crippen LogP contribution in [0, 0.1) is 11.3 Å². The number of Topliss-reactive ketones (excluding diaryl/α,β-unsaturated/α-hetero) is 1. The van der Waals surface area contributed by atoms with Crippen LogP contribution < -0.4 is 0 Å². The number of unbranched alkanes of at least 4 members (excludes halogenated alkanes) is 1. The Morgan fingerprint density at radius 3 is 2.50 bits per heavy atom. The summed E-state index contributed by atoms with van der Waals surface area (Å²) in [6, 6.07) is 0. The SMILES string of the molecule is C[SiH](C)OC1=C(SCCCCO)C(=O)C[C@@H]1C(C)(C)C. The lowest BCUT2D eigenvalue weighted by Crippen LogP contribution is -2.24. The maximum atomic E-state index is 12.3. The van der Waals surface area contributed by atoms with Crippen molar-refractivity contribution in [3.63, 3.8) is 0 Å². The molecule has 0 saturated carbocycles. The quantitative estimate of drug-likeness (QED) is 0.578. The molecule has 0 radical (unpaired) electrons. The summed E-state index contributed by atoms with van der Waals surface area (Å²) in [5, 5.41) is 8.82. The minimum Gasteiger partial charge on any atom is -0.549 e. The molecule has 5 heteroatoms. The zero-order valence-corrected chi connectivity index (χ0v) is 15.3. The molecule has 0 fully saturated rings. The van der Waals surface area contributed by atoms with Gasteiger partial charge in [-0.3, -0.25) is 4.79 Å². The van der Waals surface area contributed by atoms with Crippen LogP contribution >= 0.6 is 11.8 Å². The second kappa shape index (κ2) is 7.66. The highest BCUT2D eigenvalue weighted by Crippen LogP contribution is 2.45. The average Bonchev–Trinajstić information content (AvgIpc) is 2.61. The number of rotatable bonds is 7. The summed E-state index contributed by atoms with van der Waals surface area (Å²) in [7, 11) is -1.21. The van der Waals surface area contributed by atoms with Crippen molar-refractivity contribution >= 4 is 26.6 Å².